The predicted octanol–water partition coefficient (Wildman–Crippen LogP) is -0.0254. The number of nitrogens with two attached hydrogens (primary N) is 1. The molecule has 63 valence electrons. The van der Waals surface area contributed by atoms with Gasteiger partial charge in [0.05, 0.1) is 11.3 Å². The molecule has 1 saturated heterocycles. The van der Waals surface area contributed by atoms with Crippen LogP contribution >= 0.6 is 11.8 Å². The summed E-state index contributed by atoms with van der Waals surface area (Å²) in [6.07, 6.45) is 0.583. The molecule has 3 nitrogen and oxygen atoms in total. The van der Waals surface area contributed by atoms with Crippen LogP contribution < -0.4 is 11.1 Å². The Balaban J connectivity index is 2.46. The summed E-state index contributed by atoms with van der Waals surface area (Å²) in [5.41, 5.74) is 5.19. The average Bonchev–Trinajstić information content (AvgIpc) is 2.40. The lowest BCUT2D eigenvalue weighted by atomic mass is 10.1. The highest BCUT2D eigenvalue weighted by atomic mass is 32.2. The van der Waals surface area contributed by atoms with E-state index < -0.39 is 0 Å². The van der Waals surface area contributed by atoms with Crippen LogP contribution in [0.25, 0.3) is 0 Å². The Morgan fingerprint density at radius 2 is 2.64 bits per heavy atom. The number of hydrogen-bond donors (Lipinski definition) is 2. The first-order valence-corrected chi connectivity index (χ1v) is 4.74. The number of carbonyl (C=O) groups excluding carboxylic acids is 1. The van der Waals surface area contributed by atoms with Gasteiger partial charge in [0.2, 0.25) is 5.91 Å². The fourth-order valence-electron chi connectivity index (χ4n) is 1.15. The van der Waals surface area contributed by atoms with Crippen LogP contribution in [-0.2, 0) is 4.79 Å². The van der Waals surface area contributed by atoms with E-state index in [0.717, 1.165) is 12.3 Å². The van der Waals surface area contributed by atoms with Gasteiger partial charge in [0.15, 0.2) is 0 Å². The molecular formula is C7H13N2OS. The second-order valence-electron chi connectivity index (χ2n) is 2.54. The largest absolute Gasteiger partial charge is 0.369 e. The number of amides is 1. The lowest BCUT2D eigenvalue weighted by molar-refractivity contribution is -0.121. The van der Waals surface area contributed by atoms with E-state index in [-0.39, 0.29) is 17.2 Å². The van der Waals surface area contributed by atoms with Gasteiger partial charge >= 0.3 is 0 Å². The van der Waals surface area contributed by atoms with Crippen LogP contribution in [0.15, 0.2) is 0 Å². The van der Waals surface area contributed by atoms with Crippen LogP contribution in [0.2, 0.25) is 0 Å². The molecule has 1 aliphatic rings. The summed E-state index contributed by atoms with van der Waals surface area (Å²) in [5, 5.41) is 3.41. The zero-order valence-electron chi connectivity index (χ0n) is 6.38. The zero-order chi connectivity index (χ0) is 8.27. The Hall–Kier alpha value is -0.220. The van der Waals surface area contributed by atoms with Gasteiger partial charge in [0, 0.05) is 12.3 Å². The minimum atomic E-state index is -0.244. The maximum atomic E-state index is 10.8. The minimum Gasteiger partial charge on any atom is -0.369 e. The van der Waals surface area contributed by atoms with Crippen LogP contribution in [0.3, 0.4) is 0 Å². The molecule has 0 aromatic carbocycles. The van der Waals surface area contributed by atoms with Gasteiger partial charge < -0.3 is 11.1 Å². The van der Waals surface area contributed by atoms with Gasteiger partial charge in [-0.05, 0) is 6.42 Å². The van der Waals surface area contributed by atoms with E-state index in [4.69, 9.17) is 5.73 Å². The van der Waals surface area contributed by atoms with Crippen LogP contribution in [0.4, 0.5) is 0 Å². The van der Waals surface area contributed by atoms with Gasteiger partial charge in [0.25, 0.3) is 0 Å². The molecule has 0 bridgehead atoms. The Morgan fingerprint density at radius 3 is 3.00 bits per heavy atom. The standard InChI is InChI=1S/C7H13N2OS/c1-2-5(6(8)10)7-9-3-4-11-7/h5,7,9H,1-4H2,(H2,8,10). The second kappa shape index (κ2) is 3.97. The van der Waals surface area contributed by atoms with Crippen LogP contribution in [0.1, 0.15) is 6.42 Å². The minimum absolute atomic E-state index is 0.109. The molecular weight excluding hydrogens is 160 g/mol. The highest BCUT2D eigenvalue weighted by Gasteiger charge is 2.27. The van der Waals surface area contributed by atoms with E-state index in [1.807, 2.05) is 0 Å². The first-order valence-electron chi connectivity index (χ1n) is 3.69. The van der Waals surface area contributed by atoms with Gasteiger partial charge in [-0.2, -0.15) is 0 Å². The van der Waals surface area contributed by atoms with Gasteiger partial charge in [-0.1, -0.05) is 6.92 Å². The molecule has 4 heteroatoms. The van der Waals surface area contributed by atoms with Crippen molar-refractivity contribution in [2.45, 2.75) is 11.8 Å². The molecule has 0 aliphatic carbocycles. The van der Waals surface area contributed by atoms with Crippen molar-refractivity contribution in [2.75, 3.05) is 12.3 Å². The quantitative estimate of drug-likeness (QED) is 0.630. The number of thioether (sulfide) groups is 1. The van der Waals surface area contributed by atoms with Crippen molar-refractivity contribution >= 4 is 17.7 Å². The highest BCUT2D eigenvalue weighted by Crippen LogP contribution is 2.23. The third-order valence-electron chi connectivity index (χ3n) is 1.79. The first-order chi connectivity index (χ1) is 5.25. The predicted molar refractivity (Wildman–Crippen MR) is 46.9 cm³/mol. The normalized spacial score (nSPS) is 26.8. The molecule has 11 heavy (non-hydrogen) atoms. The van der Waals surface area contributed by atoms with Crippen molar-refractivity contribution in [2.24, 2.45) is 11.7 Å². The van der Waals surface area contributed by atoms with Crippen molar-refractivity contribution in [1.29, 1.82) is 0 Å². The summed E-state index contributed by atoms with van der Waals surface area (Å²) >= 11 is 1.75. The molecule has 1 heterocycles. The molecule has 1 rings (SSSR count). The molecule has 1 aliphatic heterocycles. The van der Waals surface area contributed by atoms with Crippen molar-refractivity contribution in [3.05, 3.63) is 6.92 Å². The topological polar surface area (TPSA) is 55.1 Å². The van der Waals surface area contributed by atoms with Crippen molar-refractivity contribution in [3.8, 4) is 0 Å². The monoisotopic (exact) mass is 173 g/mol. The summed E-state index contributed by atoms with van der Waals surface area (Å²) in [5.74, 6) is 0.712. The maximum absolute atomic E-state index is 10.8. The fraction of sp³-hybridized carbons (Fsp3) is 0.714. The molecule has 2 unspecified atom stereocenters. The molecule has 1 amide bonds. The molecule has 2 atom stereocenters. The Morgan fingerprint density at radius 1 is 1.91 bits per heavy atom. The van der Waals surface area contributed by atoms with Gasteiger partial charge in [-0.3, -0.25) is 4.79 Å². The summed E-state index contributed by atoms with van der Waals surface area (Å²) in [7, 11) is 0. The molecule has 0 saturated carbocycles. The summed E-state index contributed by atoms with van der Waals surface area (Å²) < 4.78 is 0. The first kappa shape index (κ1) is 8.87. The van der Waals surface area contributed by atoms with Crippen molar-refractivity contribution in [1.82, 2.24) is 5.32 Å². The zero-order valence-corrected chi connectivity index (χ0v) is 7.19. The van der Waals surface area contributed by atoms with Crippen LogP contribution in [-0.4, -0.2) is 23.6 Å². The maximum Gasteiger partial charge on any atom is 0.222 e. The van der Waals surface area contributed by atoms with Gasteiger partial charge in [0.1, 0.15) is 0 Å². The Bertz CT molecular complexity index is 145. The van der Waals surface area contributed by atoms with Crippen LogP contribution in [0, 0.1) is 12.8 Å². The van der Waals surface area contributed by atoms with E-state index in [1.165, 1.54) is 0 Å². The highest BCUT2D eigenvalue weighted by molar-refractivity contribution is 8.00. The number of carbonyl (C=O) groups is 1. The van der Waals surface area contributed by atoms with Crippen LogP contribution in [0.5, 0.6) is 0 Å². The Kier molecular flexibility index (Phi) is 3.20. The smallest absolute Gasteiger partial charge is 0.222 e. The number of nitrogens with one attached hydrogen (secondary N) is 1. The molecule has 1 radical (unpaired) electrons. The lowest BCUT2D eigenvalue weighted by Crippen LogP contribution is -2.37. The van der Waals surface area contributed by atoms with Crippen molar-refractivity contribution < 1.29 is 4.79 Å². The molecule has 3 N–H and O–H groups in total. The number of hydrogen-bond acceptors (Lipinski definition) is 3. The summed E-state index contributed by atoms with van der Waals surface area (Å²) in [4.78, 5) is 10.8. The average molecular weight is 173 g/mol. The third-order valence-corrected chi connectivity index (χ3v) is 3.08. The van der Waals surface area contributed by atoms with E-state index in [2.05, 4.69) is 12.2 Å². The van der Waals surface area contributed by atoms with E-state index in [0.29, 0.717) is 6.42 Å². The van der Waals surface area contributed by atoms with Gasteiger partial charge in [-0.15, -0.1) is 11.8 Å². The third kappa shape index (κ3) is 2.10. The van der Waals surface area contributed by atoms with Crippen molar-refractivity contribution in [3.63, 3.8) is 0 Å². The molecule has 1 fully saturated rings. The molecule has 0 aromatic rings. The fourth-order valence-corrected chi connectivity index (χ4v) is 2.38. The Labute approximate surface area is 71.1 Å². The van der Waals surface area contributed by atoms with Gasteiger partial charge in [-0.25, -0.2) is 0 Å². The second-order valence-corrected chi connectivity index (χ2v) is 3.79. The van der Waals surface area contributed by atoms with E-state index in [9.17, 15) is 4.79 Å². The molecule has 0 aromatic heterocycles. The SMILES string of the molecule is [CH2]CC(C(N)=O)C1NCCS1. The number of primary amides is 1. The number of rotatable bonds is 3. The summed E-state index contributed by atoms with van der Waals surface area (Å²) in [6.45, 7) is 4.67. The van der Waals surface area contributed by atoms with E-state index in [1.54, 1.807) is 11.8 Å². The summed E-state index contributed by atoms with van der Waals surface area (Å²) in [6, 6.07) is 0. The molecule has 0 spiro atoms. The lowest BCUT2D eigenvalue weighted by Gasteiger charge is -2.17. The van der Waals surface area contributed by atoms with E-state index >= 15 is 0 Å².